The minimum atomic E-state index is -0.638. The number of urea groups is 1. The highest BCUT2D eigenvalue weighted by Gasteiger charge is 2.42. The number of aromatic amines is 1. The van der Waals surface area contributed by atoms with E-state index in [4.69, 9.17) is 0 Å². The van der Waals surface area contributed by atoms with Gasteiger partial charge in [0.05, 0.1) is 18.6 Å². The lowest BCUT2D eigenvalue weighted by molar-refractivity contribution is -0.157. The number of likely N-dealkylation sites (N-methyl/N-ethyl adjacent to an activating group) is 1. The third kappa shape index (κ3) is 3.08. The predicted octanol–water partition coefficient (Wildman–Crippen LogP) is 0.353. The van der Waals surface area contributed by atoms with Crippen LogP contribution in [0.4, 0.5) is 10.5 Å². The van der Waals surface area contributed by atoms with Crippen LogP contribution >= 0.6 is 0 Å². The molecule has 2 aliphatic rings. The van der Waals surface area contributed by atoms with Crippen LogP contribution in [0.15, 0.2) is 29.1 Å². The van der Waals surface area contributed by atoms with Gasteiger partial charge >= 0.3 is 6.03 Å². The van der Waals surface area contributed by atoms with E-state index in [0.29, 0.717) is 24.3 Å². The average Bonchev–Trinajstić information content (AvgIpc) is 2.65. The monoisotopic (exact) mass is 383 g/mol. The normalized spacial score (nSPS) is 19.8. The summed E-state index contributed by atoms with van der Waals surface area (Å²) in [6, 6.07) is 5.86. The Balaban J connectivity index is 1.51. The van der Waals surface area contributed by atoms with Crippen molar-refractivity contribution < 1.29 is 14.4 Å². The number of aromatic nitrogens is 1. The molecule has 0 radical (unpaired) electrons. The van der Waals surface area contributed by atoms with Crippen molar-refractivity contribution in [2.24, 2.45) is 0 Å². The van der Waals surface area contributed by atoms with Gasteiger partial charge in [0.1, 0.15) is 6.04 Å². The third-order valence-electron chi connectivity index (χ3n) is 5.32. The number of benzene rings is 1. The number of nitrogens with zero attached hydrogens (tertiary/aromatic N) is 3. The quantitative estimate of drug-likeness (QED) is 0.741. The van der Waals surface area contributed by atoms with Crippen LogP contribution in [0.5, 0.6) is 0 Å². The van der Waals surface area contributed by atoms with Gasteiger partial charge in [0, 0.05) is 37.3 Å². The van der Waals surface area contributed by atoms with Crippen LogP contribution in [0.2, 0.25) is 0 Å². The highest BCUT2D eigenvalue weighted by molar-refractivity contribution is 5.97. The first kappa shape index (κ1) is 18.0. The summed E-state index contributed by atoms with van der Waals surface area (Å²) in [4.78, 5) is 56.1. The molecule has 0 saturated carbocycles. The molecule has 9 nitrogen and oxygen atoms in total. The number of carbonyl (C=O) groups excluding carboxylic acids is 3. The van der Waals surface area contributed by atoms with E-state index in [1.54, 1.807) is 24.1 Å². The van der Waals surface area contributed by atoms with Crippen molar-refractivity contribution in [3.8, 4) is 0 Å². The van der Waals surface area contributed by atoms with Gasteiger partial charge in [-0.25, -0.2) is 4.79 Å². The molecule has 2 saturated heterocycles. The number of nitrogens with one attached hydrogen (secondary N) is 2. The molecule has 2 aliphatic heterocycles. The second kappa shape index (κ2) is 6.66. The zero-order valence-corrected chi connectivity index (χ0v) is 15.7. The summed E-state index contributed by atoms with van der Waals surface area (Å²) in [5.41, 5.74) is 1.85. The molecule has 1 aromatic carbocycles. The Kier molecular flexibility index (Phi) is 4.29. The number of carbonyl (C=O) groups is 3. The van der Waals surface area contributed by atoms with Crippen molar-refractivity contribution in [3.63, 3.8) is 0 Å². The lowest BCUT2D eigenvalue weighted by Gasteiger charge is -2.45. The lowest BCUT2D eigenvalue weighted by atomic mass is 10.1. The number of fused-ring (bicyclic) bond motifs is 2. The van der Waals surface area contributed by atoms with Crippen molar-refractivity contribution in [2.45, 2.75) is 13.0 Å². The highest BCUT2D eigenvalue weighted by Crippen LogP contribution is 2.21. The SMILES string of the molecule is Cc1cc(=O)[nH]c2cc(NC(=O)N3CCN4C(=O)CN(C)C(=O)C4C3)ccc12. The summed E-state index contributed by atoms with van der Waals surface area (Å²) < 4.78 is 0. The largest absolute Gasteiger partial charge is 0.335 e. The molecular formula is C19H21N5O4. The number of piperazine rings is 2. The maximum atomic E-state index is 12.7. The Morgan fingerprint density at radius 1 is 1.18 bits per heavy atom. The first-order valence-electron chi connectivity index (χ1n) is 9.07. The minimum Gasteiger partial charge on any atom is -0.335 e. The molecule has 2 fully saturated rings. The van der Waals surface area contributed by atoms with E-state index in [2.05, 4.69) is 10.3 Å². The number of amides is 4. The fourth-order valence-corrected chi connectivity index (χ4v) is 3.82. The van der Waals surface area contributed by atoms with Gasteiger partial charge in [-0.05, 0) is 24.6 Å². The summed E-state index contributed by atoms with van der Waals surface area (Å²) >= 11 is 0. The molecule has 28 heavy (non-hydrogen) atoms. The van der Waals surface area contributed by atoms with Crippen molar-refractivity contribution in [1.29, 1.82) is 0 Å². The van der Waals surface area contributed by atoms with E-state index in [1.807, 2.05) is 13.0 Å². The molecule has 1 aromatic heterocycles. The van der Waals surface area contributed by atoms with Crippen molar-refractivity contribution in [3.05, 3.63) is 40.2 Å². The lowest BCUT2D eigenvalue weighted by Crippen LogP contribution is -2.67. The van der Waals surface area contributed by atoms with Gasteiger partial charge in [-0.3, -0.25) is 14.4 Å². The summed E-state index contributed by atoms with van der Waals surface area (Å²) in [7, 11) is 1.59. The van der Waals surface area contributed by atoms with Gasteiger partial charge in [0.25, 0.3) is 0 Å². The smallest absolute Gasteiger partial charge is 0.321 e. The van der Waals surface area contributed by atoms with Gasteiger partial charge in [-0.2, -0.15) is 0 Å². The number of hydrogen-bond acceptors (Lipinski definition) is 4. The molecule has 4 rings (SSSR count). The van der Waals surface area contributed by atoms with Gasteiger partial charge in [-0.15, -0.1) is 0 Å². The highest BCUT2D eigenvalue weighted by atomic mass is 16.2. The van der Waals surface area contributed by atoms with Gasteiger partial charge in [0.15, 0.2) is 0 Å². The summed E-state index contributed by atoms with van der Waals surface area (Å²) in [6.45, 7) is 2.78. The molecule has 3 heterocycles. The standard InChI is InChI=1S/C19H21N5O4/c1-11-7-16(25)21-14-8-12(3-4-13(11)14)20-19(28)23-5-6-24-15(9-23)18(27)22(2)10-17(24)26/h3-4,7-8,15H,5-6,9-10H2,1-2H3,(H,20,28)(H,21,25). The molecule has 9 heteroatoms. The maximum absolute atomic E-state index is 12.7. The fraction of sp³-hybridized carbons (Fsp3) is 0.368. The summed E-state index contributed by atoms with van der Waals surface area (Å²) in [5.74, 6) is -0.253. The van der Waals surface area contributed by atoms with Gasteiger partial charge in [0.2, 0.25) is 17.4 Å². The van der Waals surface area contributed by atoms with Crippen LogP contribution in [0.1, 0.15) is 5.56 Å². The Labute approximate surface area is 160 Å². The molecular weight excluding hydrogens is 362 g/mol. The first-order chi connectivity index (χ1) is 13.3. The second-order valence-corrected chi connectivity index (χ2v) is 7.25. The van der Waals surface area contributed by atoms with Crippen molar-refractivity contribution in [2.75, 3.05) is 38.5 Å². The number of H-pyrrole nitrogens is 1. The number of hydrogen-bond donors (Lipinski definition) is 2. The van der Waals surface area contributed by atoms with Crippen LogP contribution < -0.4 is 10.9 Å². The zero-order valence-electron chi connectivity index (χ0n) is 15.7. The molecule has 4 amide bonds. The third-order valence-corrected chi connectivity index (χ3v) is 5.32. The molecule has 2 N–H and O–H groups in total. The fourth-order valence-electron chi connectivity index (χ4n) is 3.82. The molecule has 0 aliphatic carbocycles. The maximum Gasteiger partial charge on any atom is 0.321 e. The Bertz CT molecular complexity index is 1050. The van der Waals surface area contributed by atoms with Crippen LogP contribution in [0.25, 0.3) is 10.9 Å². The molecule has 0 bridgehead atoms. The summed E-state index contributed by atoms with van der Waals surface area (Å²) in [6.07, 6.45) is 0. The summed E-state index contributed by atoms with van der Waals surface area (Å²) in [5, 5.41) is 3.72. The zero-order chi connectivity index (χ0) is 20.0. The molecule has 2 aromatic rings. The van der Waals surface area contributed by atoms with E-state index in [-0.39, 0.29) is 36.5 Å². The number of pyridine rings is 1. The molecule has 0 spiro atoms. The van der Waals surface area contributed by atoms with Crippen LogP contribution in [0, 0.1) is 6.92 Å². The van der Waals surface area contributed by atoms with E-state index < -0.39 is 6.04 Å². The Hall–Kier alpha value is -3.36. The number of anilines is 1. The van der Waals surface area contributed by atoms with Crippen LogP contribution in [-0.4, -0.2) is 76.8 Å². The predicted molar refractivity (Wildman–Crippen MR) is 103 cm³/mol. The van der Waals surface area contributed by atoms with Gasteiger partial charge < -0.3 is 25.0 Å². The van der Waals surface area contributed by atoms with E-state index in [9.17, 15) is 19.2 Å². The van der Waals surface area contributed by atoms with Gasteiger partial charge in [-0.1, -0.05) is 6.07 Å². The number of aryl methyl sites for hydroxylation is 1. The van der Waals surface area contributed by atoms with Crippen molar-refractivity contribution >= 4 is 34.4 Å². The van der Waals surface area contributed by atoms with E-state index in [1.165, 1.54) is 15.9 Å². The van der Waals surface area contributed by atoms with E-state index >= 15 is 0 Å². The first-order valence-corrected chi connectivity index (χ1v) is 9.07. The van der Waals surface area contributed by atoms with Crippen LogP contribution in [0.3, 0.4) is 0 Å². The number of rotatable bonds is 1. The van der Waals surface area contributed by atoms with Crippen LogP contribution in [-0.2, 0) is 9.59 Å². The Morgan fingerprint density at radius 3 is 2.75 bits per heavy atom. The van der Waals surface area contributed by atoms with E-state index in [0.717, 1.165) is 10.9 Å². The molecule has 1 unspecified atom stereocenters. The Morgan fingerprint density at radius 2 is 1.96 bits per heavy atom. The average molecular weight is 383 g/mol. The second-order valence-electron chi connectivity index (χ2n) is 7.25. The minimum absolute atomic E-state index is 0.0796. The molecule has 146 valence electrons. The molecule has 1 atom stereocenters. The van der Waals surface area contributed by atoms with Crippen molar-refractivity contribution in [1.82, 2.24) is 19.7 Å². The topological polar surface area (TPSA) is 106 Å².